The van der Waals surface area contributed by atoms with Gasteiger partial charge in [-0.2, -0.15) is 0 Å². The molecule has 104 valence electrons. The van der Waals surface area contributed by atoms with Gasteiger partial charge in [0, 0.05) is 5.56 Å². The summed E-state index contributed by atoms with van der Waals surface area (Å²) in [7, 11) is 0. The van der Waals surface area contributed by atoms with Crippen LogP contribution in [0.4, 0.5) is 0 Å². The number of Topliss-reactive ketones (excluding diaryl/α,β-unsaturated/α-hetero) is 1. The van der Waals surface area contributed by atoms with Crippen LogP contribution in [-0.2, 0) is 9.53 Å². The standard InChI is InChI=1S/C15H20O4/c1-6-18-15(17)14(16)12-7-8-13(19-9(2)3)11(5)10(12)4/h7-9H,6H2,1-5H3. The Bertz CT molecular complexity index is 489. The Morgan fingerprint density at radius 1 is 1.16 bits per heavy atom. The lowest BCUT2D eigenvalue weighted by molar-refractivity contribution is -0.137. The van der Waals surface area contributed by atoms with Crippen LogP contribution in [0, 0.1) is 13.8 Å². The maximum atomic E-state index is 11.9. The van der Waals surface area contributed by atoms with Crippen molar-refractivity contribution in [3.05, 3.63) is 28.8 Å². The Balaban J connectivity index is 3.09. The molecule has 0 N–H and O–H groups in total. The number of carbonyl (C=O) groups excluding carboxylic acids is 2. The first kappa shape index (κ1) is 15.2. The fourth-order valence-electron chi connectivity index (χ4n) is 1.73. The van der Waals surface area contributed by atoms with Gasteiger partial charge in [0.05, 0.1) is 12.7 Å². The van der Waals surface area contributed by atoms with E-state index in [9.17, 15) is 9.59 Å². The molecule has 0 aliphatic heterocycles. The SMILES string of the molecule is CCOC(=O)C(=O)c1ccc(OC(C)C)c(C)c1C. The van der Waals surface area contributed by atoms with Gasteiger partial charge in [-0.05, 0) is 57.9 Å². The van der Waals surface area contributed by atoms with E-state index in [0.717, 1.165) is 16.9 Å². The van der Waals surface area contributed by atoms with E-state index < -0.39 is 11.8 Å². The van der Waals surface area contributed by atoms with E-state index in [2.05, 4.69) is 0 Å². The van der Waals surface area contributed by atoms with Crippen molar-refractivity contribution in [3.8, 4) is 5.75 Å². The van der Waals surface area contributed by atoms with Crippen LogP contribution in [0.1, 0.15) is 42.3 Å². The first-order valence-corrected chi connectivity index (χ1v) is 6.36. The summed E-state index contributed by atoms with van der Waals surface area (Å²) in [5, 5.41) is 0. The molecule has 0 aromatic heterocycles. The Labute approximate surface area is 113 Å². The highest BCUT2D eigenvalue weighted by molar-refractivity contribution is 6.41. The molecule has 4 heteroatoms. The Kier molecular flexibility index (Phi) is 5.10. The summed E-state index contributed by atoms with van der Waals surface area (Å²) >= 11 is 0. The van der Waals surface area contributed by atoms with Crippen molar-refractivity contribution in [1.29, 1.82) is 0 Å². The second-order valence-electron chi connectivity index (χ2n) is 4.58. The van der Waals surface area contributed by atoms with E-state index in [1.807, 2.05) is 20.8 Å². The van der Waals surface area contributed by atoms with Crippen molar-refractivity contribution < 1.29 is 19.1 Å². The maximum absolute atomic E-state index is 11.9. The molecule has 4 nitrogen and oxygen atoms in total. The quantitative estimate of drug-likeness (QED) is 0.466. The third-order valence-corrected chi connectivity index (χ3v) is 2.81. The third kappa shape index (κ3) is 3.56. The molecule has 1 rings (SSSR count). The summed E-state index contributed by atoms with van der Waals surface area (Å²) in [6, 6.07) is 3.33. The number of benzene rings is 1. The molecule has 1 aromatic rings. The van der Waals surface area contributed by atoms with Crippen molar-refractivity contribution in [2.24, 2.45) is 0 Å². The van der Waals surface area contributed by atoms with Gasteiger partial charge in [0.1, 0.15) is 5.75 Å². The molecule has 0 aliphatic carbocycles. The van der Waals surface area contributed by atoms with Crippen molar-refractivity contribution in [3.63, 3.8) is 0 Å². The van der Waals surface area contributed by atoms with E-state index in [0.29, 0.717) is 5.56 Å². The summed E-state index contributed by atoms with van der Waals surface area (Å²) in [6.45, 7) is 9.41. The number of esters is 1. The van der Waals surface area contributed by atoms with Gasteiger partial charge >= 0.3 is 5.97 Å². The van der Waals surface area contributed by atoms with Crippen molar-refractivity contribution >= 4 is 11.8 Å². The molecule has 0 heterocycles. The second kappa shape index (κ2) is 6.36. The molecule has 0 fully saturated rings. The fraction of sp³-hybridized carbons (Fsp3) is 0.467. The van der Waals surface area contributed by atoms with Gasteiger partial charge in [-0.3, -0.25) is 4.79 Å². The Hall–Kier alpha value is -1.84. The van der Waals surface area contributed by atoms with E-state index >= 15 is 0 Å². The lowest BCUT2D eigenvalue weighted by Crippen LogP contribution is -2.19. The zero-order chi connectivity index (χ0) is 14.6. The maximum Gasteiger partial charge on any atom is 0.379 e. The normalized spacial score (nSPS) is 10.4. The number of hydrogen-bond acceptors (Lipinski definition) is 4. The van der Waals surface area contributed by atoms with Gasteiger partial charge in [0.25, 0.3) is 5.78 Å². The van der Waals surface area contributed by atoms with Crippen LogP contribution in [0.2, 0.25) is 0 Å². The zero-order valence-electron chi connectivity index (χ0n) is 12.1. The van der Waals surface area contributed by atoms with Gasteiger partial charge in [-0.25, -0.2) is 4.79 Å². The number of ketones is 1. The van der Waals surface area contributed by atoms with Crippen molar-refractivity contribution in [2.75, 3.05) is 6.61 Å². The molecule has 0 saturated carbocycles. The van der Waals surface area contributed by atoms with Gasteiger partial charge in [-0.1, -0.05) is 0 Å². The van der Waals surface area contributed by atoms with Crippen molar-refractivity contribution in [2.45, 2.75) is 40.7 Å². The third-order valence-electron chi connectivity index (χ3n) is 2.81. The van der Waals surface area contributed by atoms with E-state index in [-0.39, 0.29) is 12.7 Å². The molecule has 1 aromatic carbocycles. The minimum Gasteiger partial charge on any atom is -0.491 e. The average Bonchev–Trinajstić information content (AvgIpc) is 2.34. The van der Waals surface area contributed by atoms with E-state index in [4.69, 9.17) is 9.47 Å². The highest BCUT2D eigenvalue weighted by Crippen LogP contribution is 2.25. The van der Waals surface area contributed by atoms with Crippen molar-refractivity contribution in [1.82, 2.24) is 0 Å². The smallest absolute Gasteiger partial charge is 0.379 e. The monoisotopic (exact) mass is 264 g/mol. The molecular weight excluding hydrogens is 244 g/mol. The number of carbonyl (C=O) groups is 2. The van der Waals surface area contributed by atoms with Gasteiger partial charge in [-0.15, -0.1) is 0 Å². The van der Waals surface area contributed by atoms with E-state index in [1.54, 1.807) is 26.0 Å². The Morgan fingerprint density at radius 2 is 1.79 bits per heavy atom. The average molecular weight is 264 g/mol. The van der Waals surface area contributed by atoms with Crippen LogP contribution in [0.25, 0.3) is 0 Å². The van der Waals surface area contributed by atoms with Crippen LogP contribution in [0.15, 0.2) is 12.1 Å². The topological polar surface area (TPSA) is 52.6 Å². The molecule has 0 unspecified atom stereocenters. The molecule has 0 radical (unpaired) electrons. The van der Waals surface area contributed by atoms with Crippen LogP contribution in [-0.4, -0.2) is 24.5 Å². The second-order valence-corrected chi connectivity index (χ2v) is 4.58. The predicted molar refractivity (Wildman–Crippen MR) is 72.6 cm³/mol. The number of hydrogen-bond donors (Lipinski definition) is 0. The first-order chi connectivity index (χ1) is 8.88. The molecule has 0 bridgehead atoms. The minimum atomic E-state index is -0.817. The van der Waals surface area contributed by atoms with E-state index in [1.165, 1.54) is 0 Å². The lowest BCUT2D eigenvalue weighted by atomic mass is 9.99. The minimum absolute atomic E-state index is 0.0599. The summed E-state index contributed by atoms with van der Waals surface area (Å²) in [5.74, 6) is -0.700. The number of rotatable bonds is 5. The number of ether oxygens (including phenoxy) is 2. The summed E-state index contributed by atoms with van der Waals surface area (Å²) in [6.07, 6.45) is 0.0599. The fourth-order valence-corrected chi connectivity index (χ4v) is 1.73. The molecule has 0 aliphatic rings. The van der Waals surface area contributed by atoms with Crippen LogP contribution in [0.3, 0.4) is 0 Å². The van der Waals surface area contributed by atoms with Crippen LogP contribution in [0.5, 0.6) is 5.75 Å². The summed E-state index contributed by atoms with van der Waals surface area (Å²) < 4.78 is 10.4. The molecule has 0 spiro atoms. The van der Waals surface area contributed by atoms with Crippen LogP contribution >= 0.6 is 0 Å². The van der Waals surface area contributed by atoms with Gasteiger partial charge < -0.3 is 9.47 Å². The first-order valence-electron chi connectivity index (χ1n) is 6.36. The molecular formula is C15H20O4. The largest absolute Gasteiger partial charge is 0.491 e. The zero-order valence-corrected chi connectivity index (χ0v) is 12.1. The summed E-state index contributed by atoms with van der Waals surface area (Å²) in [5.41, 5.74) is 1.98. The lowest BCUT2D eigenvalue weighted by Gasteiger charge is -2.15. The Morgan fingerprint density at radius 3 is 2.32 bits per heavy atom. The molecule has 19 heavy (non-hydrogen) atoms. The molecule has 0 atom stereocenters. The molecule has 0 amide bonds. The molecule has 0 saturated heterocycles. The predicted octanol–water partition coefficient (Wildman–Crippen LogP) is 2.84. The highest BCUT2D eigenvalue weighted by Gasteiger charge is 2.21. The van der Waals surface area contributed by atoms with Gasteiger partial charge in [0.2, 0.25) is 0 Å². The van der Waals surface area contributed by atoms with Crippen LogP contribution < -0.4 is 4.74 Å². The summed E-state index contributed by atoms with van der Waals surface area (Å²) in [4.78, 5) is 23.4. The highest BCUT2D eigenvalue weighted by atomic mass is 16.5. The van der Waals surface area contributed by atoms with Gasteiger partial charge in [0.15, 0.2) is 0 Å².